The molecule has 9 heteroatoms. The number of hydrogen-bond acceptors (Lipinski definition) is 6. The summed E-state index contributed by atoms with van der Waals surface area (Å²) in [5, 5.41) is 4.95. The van der Waals surface area contributed by atoms with E-state index in [0.29, 0.717) is 50.8 Å². The number of thiophene rings is 1. The fraction of sp³-hybridized carbons (Fsp3) is 0.357. The zero-order valence-electron chi connectivity index (χ0n) is 21.2. The van der Waals surface area contributed by atoms with Gasteiger partial charge in [0.2, 0.25) is 5.91 Å². The highest BCUT2D eigenvalue weighted by atomic mass is 32.1. The summed E-state index contributed by atoms with van der Waals surface area (Å²) in [4.78, 5) is 33.8. The quantitative estimate of drug-likeness (QED) is 0.410. The molecule has 0 atom stereocenters. The summed E-state index contributed by atoms with van der Waals surface area (Å²) >= 11 is 1.62. The second-order valence-corrected chi connectivity index (χ2v) is 9.88. The van der Waals surface area contributed by atoms with Gasteiger partial charge < -0.3 is 24.6 Å². The van der Waals surface area contributed by atoms with Crippen LogP contribution in [0.15, 0.2) is 72.1 Å². The number of carbonyl (C=O) groups is 2. The van der Waals surface area contributed by atoms with E-state index < -0.39 is 0 Å². The Morgan fingerprint density at radius 2 is 1.81 bits per heavy atom. The number of ether oxygens (including phenoxy) is 2. The molecule has 196 valence electrons. The van der Waals surface area contributed by atoms with Gasteiger partial charge in [0.05, 0.1) is 26.9 Å². The lowest BCUT2D eigenvalue weighted by Crippen LogP contribution is -2.48. The molecule has 1 aliphatic heterocycles. The predicted molar refractivity (Wildman–Crippen MR) is 146 cm³/mol. The second kappa shape index (κ2) is 13.8. The lowest BCUT2D eigenvalue weighted by atomic mass is 10.2. The Hall–Kier alpha value is -3.40. The summed E-state index contributed by atoms with van der Waals surface area (Å²) in [7, 11) is 1.59. The third-order valence-corrected chi connectivity index (χ3v) is 7.08. The first-order chi connectivity index (χ1) is 18.1. The molecule has 8 nitrogen and oxygen atoms in total. The lowest BCUT2D eigenvalue weighted by Gasteiger charge is -2.31. The van der Waals surface area contributed by atoms with E-state index in [-0.39, 0.29) is 18.5 Å². The number of urea groups is 1. The van der Waals surface area contributed by atoms with Crippen LogP contribution in [0, 0.1) is 0 Å². The van der Waals surface area contributed by atoms with Gasteiger partial charge in [-0.3, -0.25) is 9.69 Å². The molecule has 0 unspecified atom stereocenters. The van der Waals surface area contributed by atoms with Crippen molar-refractivity contribution >= 4 is 29.0 Å². The maximum atomic E-state index is 13.6. The number of morpholine rings is 1. The van der Waals surface area contributed by atoms with Gasteiger partial charge in [-0.1, -0.05) is 42.5 Å². The van der Waals surface area contributed by atoms with Gasteiger partial charge in [0.1, 0.15) is 12.3 Å². The van der Waals surface area contributed by atoms with Gasteiger partial charge in [-0.15, -0.1) is 11.3 Å². The highest BCUT2D eigenvalue weighted by Gasteiger charge is 2.23. The first kappa shape index (κ1) is 26.7. The Kier molecular flexibility index (Phi) is 9.93. The van der Waals surface area contributed by atoms with Crippen molar-refractivity contribution in [1.82, 2.24) is 14.7 Å². The van der Waals surface area contributed by atoms with E-state index in [1.54, 1.807) is 35.5 Å². The molecule has 1 fully saturated rings. The number of methoxy groups -OCH3 is 1. The fourth-order valence-electron chi connectivity index (χ4n) is 4.13. The van der Waals surface area contributed by atoms with Crippen molar-refractivity contribution in [3.8, 4) is 5.75 Å². The minimum Gasteiger partial charge on any atom is -0.497 e. The summed E-state index contributed by atoms with van der Waals surface area (Å²) < 4.78 is 10.7. The number of nitrogens with zero attached hydrogens (tertiary/aromatic N) is 3. The lowest BCUT2D eigenvalue weighted by molar-refractivity contribution is -0.133. The van der Waals surface area contributed by atoms with Crippen molar-refractivity contribution < 1.29 is 19.1 Å². The van der Waals surface area contributed by atoms with Crippen molar-refractivity contribution in [2.24, 2.45) is 0 Å². The molecular weight excluding hydrogens is 488 g/mol. The molecule has 4 rings (SSSR count). The molecule has 1 N–H and O–H groups in total. The summed E-state index contributed by atoms with van der Waals surface area (Å²) in [6.07, 6.45) is 0. The van der Waals surface area contributed by atoms with Gasteiger partial charge >= 0.3 is 6.03 Å². The maximum Gasteiger partial charge on any atom is 0.322 e. The first-order valence-corrected chi connectivity index (χ1v) is 13.3. The van der Waals surface area contributed by atoms with Crippen LogP contribution < -0.4 is 10.1 Å². The zero-order chi connectivity index (χ0) is 25.9. The SMILES string of the molecule is COc1cccc(NC(=O)N(CCN2CCOCC2)CC(=O)N(Cc2ccccc2)Cc2cccs2)c1. The molecular formula is C28H34N4O4S. The van der Waals surface area contributed by atoms with Crippen LogP contribution in [-0.2, 0) is 22.6 Å². The summed E-state index contributed by atoms with van der Waals surface area (Å²) in [5.41, 5.74) is 1.67. The molecule has 0 bridgehead atoms. The van der Waals surface area contributed by atoms with Crippen LogP contribution in [0.1, 0.15) is 10.4 Å². The summed E-state index contributed by atoms with van der Waals surface area (Å²) in [6.45, 7) is 5.06. The number of benzene rings is 2. The smallest absolute Gasteiger partial charge is 0.322 e. The highest BCUT2D eigenvalue weighted by molar-refractivity contribution is 7.09. The highest BCUT2D eigenvalue weighted by Crippen LogP contribution is 2.18. The minimum atomic E-state index is -0.314. The normalized spacial score (nSPS) is 13.6. The van der Waals surface area contributed by atoms with Crippen molar-refractivity contribution in [3.05, 3.63) is 82.6 Å². The number of anilines is 1. The monoisotopic (exact) mass is 522 g/mol. The van der Waals surface area contributed by atoms with Gasteiger partial charge in [0.25, 0.3) is 0 Å². The van der Waals surface area contributed by atoms with Gasteiger partial charge in [0, 0.05) is 49.4 Å². The number of hydrogen-bond donors (Lipinski definition) is 1. The van der Waals surface area contributed by atoms with Crippen molar-refractivity contribution in [3.63, 3.8) is 0 Å². The molecule has 1 aliphatic rings. The van der Waals surface area contributed by atoms with Crippen LogP contribution in [-0.4, -0.2) is 79.7 Å². The number of rotatable bonds is 11. The van der Waals surface area contributed by atoms with Gasteiger partial charge in [0.15, 0.2) is 0 Å². The van der Waals surface area contributed by atoms with Crippen LogP contribution in [0.5, 0.6) is 5.75 Å². The van der Waals surface area contributed by atoms with Crippen LogP contribution >= 0.6 is 11.3 Å². The van der Waals surface area contributed by atoms with E-state index in [1.807, 2.05) is 64.9 Å². The number of carbonyl (C=O) groups excluding carboxylic acids is 2. The van der Waals surface area contributed by atoms with Crippen molar-refractivity contribution in [2.45, 2.75) is 13.1 Å². The van der Waals surface area contributed by atoms with E-state index in [0.717, 1.165) is 23.5 Å². The summed E-state index contributed by atoms with van der Waals surface area (Å²) in [6, 6.07) is 20.8. The van der Waals surface area contributed by atoms with E-state index in [1.165, 1.54) is 0 Å². The molecule has 1 aromatic heterocycles. The minimum absolute atomic E-state index is 0.0155. The van der Waals surface area contributed by atoms with E-state index in [2.05, 4.69) is 10.2 Å². The topological polar surface area (TPSA) is 74.4 Å². The molecule has 37 heavy (non-hydrogen) atoms. The zero-order valence-corrected chi connectivity index (χ0v) is 22.0. The average Bonchev–Trinajstić information content (AvgIpc) is 3.45. The van der Waals surface area contributed by atoms with Gasteiger partial charge in [-0.25, -0.2) is 4.79 Å². The third-order valence-electron chi connectivity index (χ3n) is 6.22. The molecule has 2 aromatic carbocycles. The molecule has 0 radical (unpaired) electrons. The fourth-order valence-corrected chi connectivity index (χ4v) is 4.85. The van der Waals surface area contributed by atoms with Crippen LogP contribution in [0.2, 0.25) is 0 Å². The third kappa shape index (κ3) is 8.31. The Morgan fingerprint density at radius 3 is 2.54 bits per heavy atom. The van der Waals surface area contributed by atoms with Crippen LogP contribution in [0.25, 0.3) is 0 Å². The van der Waals surface area contributed by atoms with Crippen LogP contribution in [0.3, 0.4) is 0 Å². The molecule has 3 aromatic rings. The average molecular weight is 523 g/mol. The van der Waals surface area contributed by atoms with Gasteiger partial charge in [-0.2, -0.15) is 0 Å². The van der Waals surface area contributed by atoms with E-state index >= 15 is 0 Å². The van der Waals surface area contributed by atoms with E-state index in [9.17, 15) is 9.59 Å². The maximum absolute atomic E-state index is 13.6. The van der Waals surface area contributed by atoms with Gasteiger partial charge in [-0.05, 0) is 29.1 Å². The Morgan fingerprint density at radius 1 is 1.00 bits per heavy atom. The van der Waals surface area contributed by atoms with Crippen molar-refractivity contribution in [2.75, 3.05) is 58.4 Å². The molecule has 2 heterocycles. The second-order valence-electron chi connectivity index (χ2n) is 8.85. The summed E-state index contributed by atoms with van der Waals surface area (Å²) in [5.74, 6) is 0.554. The Balaban J connectivity index is 1.48. The molecule has 0 aliphatic carbocycles. The Labute approximate surface area is 222 Å². The largest absolute Gasteiger partial charge is 0.497 e. The molecule has 0 spiro atoms. The molecule has 1 saturated heterocycles. The Bertz CT molecular complexity index is 1120. The molecule has 3 amide bonds. The van der Waals surface area contributed by atoms with E-state index in [4.69, 9.17) is 9.47 Å². The first-order valence-electron chi connectivity index (χ1n) is 12.4. The standard InChI is InChI=1S/C28H34N4O4S/c1-35-25-10-5-9-24(19-25)29-28(34)31(13-12-30-14-16-36-17-15-30)22-27(33)32(21-26-11-6-18-37-26)20-23-7-3-2-4-8-23/h2-11,18-19H,12-17,20-22H2,1H3,(H,29,34). The number of nitrogens with one attached hydrogen (secondary N) is 1. The van der Waals surface area contributed by atoms with Crippen molar-refractivity contribution in [1.29, 1.82) is 0 Å². The van der Waals surface area contributed by atoms with Crippen LogP contribution in [0.4, 0.5) is 10.5 Å². The molecule has 0 saturated carbocycles. The predicted octanol–water partition coefficient (Wildman–Crippen LogP) is 4.15. The number of amides is 3.